The largest absolute Gasteiger partial charge is 0.497 e. The van der Waals surface area contributed by atoms with Crippen molar-refractivity contribution in [3.05, 3.63) is 117 Å². The normalized spacial score (nSPS) is 17.6. The van der Waals surface area contributed by atoms with Gasteiger partial charge >= 0.3 is 17.7 Å². The number of carboxylic acid groups (broad SMARTS) is 1. The van der Waals surface area contributed by atoms with Crippen LogP contribution in [-0.2, 0) is 43.7 Å². The zero-order valence-corrected chi connectivity index (χ0v) is 27.9. The predicted molar refractivity (Wildman–Crippen MR) is 186 cm³/mol. The maximum Gasteiger partial charge on any atom is 0.328 e. The van der Waals surface area contributed by atoms with Crippen LogP contribution in [0.15, 0.2) is 77.6 Å². The van der Waals surface area contributed by atoms with Gasteiger partial charge in [-0.1, -0.05) is 48.6 Å². The van der Waals surface area contributed by atoms with E-state index in [0.717, 1.165) is 44.9 Å². The molecule has 4 bridgehead atoms. The van der Waals surface area contributed by atoms with Crippen molar-refractivity contribution in [3.63, 3.8) is 0 Å². The van der Waals surface area contributed by atoms with E-state index in [1.807, 2.05) is 61.5 Å². The summed E-state index contributed by atoms with van der Waals surface area (Å²) in [5.41, 5.74) is 5.92. The maximum absolute atomic E-state index is 13.8. The Balaban J connectivity index is 1.34. The molecule has 0 amide bonds. The summed E-state index contributed by atoms with van der Waals surface area (Å²) in [5.74, 6) is 1.26. The average molecular weight is 662 g/mol. The first-order valence-corrected chi connectivity index (χ1v) is 16.4. The highest BCUT2D eigenvalue weighted by molar-refractivity contribution is 5.84. The molecule has 11 heteroatoms. The predicted octanol–water partition coefficient (Wildman–Crippen LogP) is 5.46. The van der Waals surface area contributed by atoms with Crippen LogP contribution in [0.4, 0.5) is 5.82 Å². The second kappa shape index (κ2) is 13.1. The van der Waals surface area contributed by atoms with Crippen LogP contribution in [0.2, 0.25) is 0 Å². The molecule has 1 atom stereocenters. The highest BCUT2D eigenvalue weighted by atomic mass is 16.5. The SMILES string of the molecule is COc1ccc(CN(Cc2ccc(OC)cc2)c2nc3nc4c2[nH]c(=O)n4Cc2cc(c4c(c2)CC(C)(C(=O)O)C4)C/C=C\CCO3)cc1. The van der Waals surface area contributed by atoms with Crippen molar-refractivity contribution in [3.8, 4) is 17.5 Å². The number of aliphatic carboxylic acids is 1. The Kier molecular flexibility index (Phi) is 8.58. The number of nitrogens with zero attached hydrogens (tertiary/aromatic N) is 4. The number of imidazole rings is 1. The van der Waals surface area contributed by atoms with Gasteiger partial charge in [-0.15, -0.1) is 0 Å². The average Bonchev–Trinajstić information content (AvgIpc) is 3.62. The summed E-state index contributed by atoms with van der Waals surface area (Å²) in [6, 6.07) is 20.1. The highest BCUT2D eigenvalue weighted by Crippen LogP contribution is 2.40. The first-order chi connectivity index (χ1) is 23.7. The molecule has 5 aromatic rings. The quantitative estimate of drug-likeness (QED) is 0.208. The summed E-state index contributed by atoms with van der Waals surface area (Å²) in [7, 11) is 3.28. The third kappa shape index (κ3) is 6.48. The topological polar surface area (TPSA) is 132 Å². The van der Waals surface area contributed by atoms with Crippen LogP contribution in [0, 0.1) is 5.41 Å². The van der Waals surface area contributed by atoms with Crippen molar-refractivity contribution in [2.75, 3.05) is 25.7 Å². The van der Waals surface area contributed by atoms with Gasteiger partial charge in [0.15, 0.2) is 11.5 Å². The number of methoxy groups -OCH3 is 2. The lowest BCUT2D eigenvalue weighted by molar-refractivity contribution is -0.147. The molecule has 0 saturated carbocycles. The van der Waals surface area contributed by atoms with Gasteiger partial charge in [0.2, 0.25) is 0 Å². The van der Waals surface area contributed by atoms with Gasteiger partial charge in [0.1, 0.15) is 17.0 Å². The lowest BCUT2D eigenvalue weighted by Crippen LogP contribution is -2.27. The molecule has 0 spiro atoms. The zero-order chi connectivity index (χ0) is 34.1. The van der Waals surface area contributed by atoms with Crippen molar-refractivity contribution in [1.82, 2.24) is 19.5 Å². The lowest BCUT2D eigenvalue weighted by Gasteiger charge is -2.25. The van der Waals surface area contributed by atoms with E-state index in [-0.39, 0.29) is 18.2 Å². The molecule has 2 aliphatic rings. The standard InChI is InChI=1S/C38H39N5O6/c1-38(35(44)45)19-28-18-26-17-27(31(28)20-38)7-5-4-6-16-49-36-40-33(32-34(41-36)43(23-26)37(46)39-32)42(21-24-8-12-29(47-2)13-9-24)22-25-10-14-30(48-3)15-11-25/h4-5,8-15,17-18H,6-7,16,19-23H2,1-3H3,(H,39,46)(H,44,45)/b5-4-. The Bertz CT molecular complexity index is 2050. The molecule has 1 unspecified atom stereocenters. The van der Waals surface area contributed by atoms with Crippen LogP contribution in [0.1, 0.15) is 46.7 Å². The first-order valence-electron chi connectivity index (χ1n) is 16.4. The Hall–Kier alpha value is -5.58. The molecule has 1 aliphatic carbocycles. The van der Waals surface area contributed by atoms with E-state index in [1.54, 1.807) is 18.8 Å². The van der Waals surface area contributed by atoms with E-state index in [1.165, 1.54) is 0 Å². The second-order valence-corrected chi connectivity index (χ2v) is 13.0. The Morgan fingerprint density at radius 1 is 0.959 bits per heavy atom. The van der Waals surface area contributed by atoms with Gasteiger partial charge in [-0.05, 0) is 90.3 Å². The van der Waals surface area contributed by atoms with Crippen LogP contribution >= 0.6 is 0 Å². The molecule has 0 saturated heterocycles. The van der Waals surface area contributed by atoms with Crippen molar-refractivity contribution in [1.29, 1.82) is 0 Å². The summed E-state index contributed by atoms with van der Waals surface area (Å²) in [6.07, 6.45) is 6.39. The molecule has 3 heterocycles. The minimum Gasteiger partial charge on any atom is -0.497 e. The number of fused-ring (bicyclic) bond motifs is 5. The molecule has 7 rings (SSSR count). The van der Waals surface area contributed by atoms with E-state index in [9.17, 15) is 14.7 Å². The Labute approximate surface area is 283 Å². The molecule has 2 aromatic heterocycles. The molecule has 0 radical (unpaired) electrons. The van der Waals surface area contributed by atoms with Crippen molar-refractivity contribution < 1.29 is 24.1 Å². The number of aromatic nitrogens is 4. The number of nitrogens with one attached hydrogen (secondary N) is 1. The van der Waals surface area contributed by atoms with Crippen LogP contribution in [0.5, 0.6) is 17.5 Å². The van der Waals surface area contributed by atoms with E-state index < -0.39 is 11.4 Å². The number of hydrogen-bond donors (Lipinski definition) is 2. The number of H-pyrrole nitrogens is 1. The van der Waals surface area contributed by atoms with Gasteiger partial charge in [0.25, 0.3) is 0 Å². The summed E-state index contributed by atoms with van der Waals surface area (Å²) in [4.78, 5) is 40.8. The van der Waals surface area contributed by atoms with E-state index in [2.05, 4.69) is 28.1 Å². The maximum atomic E-state index is 13.8. The van der Waals surface area contributed by atoms with Gasteiger partial charge < -0.3 is 29.2 Å². The number of anilines is 1. The van der Waals surface area contributed by atoms with Crippen LogP contribution in [-0.4, -0.2) is 51.4 Å². The molecule has 49 heavy (non-hydrogen) atoms. The van der Waals surface area contributed by atoms with E-state index in [4.69, 9.17) is 24.2 Å². The van der Waals surface area contributed by atoms with Gasteiger partial charge in [-0.25, -0.2) is 4.79 Å². The number of aromatic amines is 1. The molecule has 3 aromatic carbocycles. The molecule has 0 fully saturated rings. The van der Waals surface area contributed by atoms with Crippen LogP contribution in [0.25, 0.3) is 11.2 Å². The van der Waals surface area contributed by atoms with Gasteiger partial charge in [0.05, 0.1) is 32.8 Å². The first kappa shape index (κ1) is 32.0. The number of rotatable bonds is 8. The second-order valence-electron chi connectivity index (χ2n) is 13.0. The van der Waals surface area contributed by atoms with Gasteiger partial charge in [-0.3, -0.25) is 9.36 Å². The molecule has 1 aliphatic heterocycles. The smallest absolute Gasteiger partial charge is 0.328 e. The summed E-state index contributed by atoms with van der Waals surface area (Å²) >= 11 is 0. The Morgan fingerprint density at radius 3 is 2.24 bits per heavy atom. The summed E-state index contributed by atoms with van der Waals surface area (Å²) in [5, 5.41) is 10.0. The monoisotopic (exact) mass is 661 g/mol. The minimum atomic E-state index is -0.859. The zero-order valence-electron chi connectivity index (χ0n) is 27.9. The summed E-state index contributed by atoms with van der Waals surface area (Å²) in [6.45, 7) is 3.37. The molecular formula is C38H39N5O6. The molecule has 11 nitrogen and oxygen atoms in total. The number of ether oxygens (including phenoxy) is 3. The summed E-state index contributed by atoms with van der Waals surface area (Å²) < 4.78 is 18.5. The number of carbonyl (C=O) groups is 1. The lowest BCUT2D eigenvalue weighted by atomic mass is 9.87. The highest BCUT2D eigenvalue weighted by Gasteiger charge is 2.40. The molecular weight excluding hydrogens is 622 g/mol. The fourth-order valence-corrected chi connectivity index (χ4v) is 6.83. The third-order valence-corrected chi connectivity index (χ3v) is 9.47. The number of allylic oxidation sites excluding steroid dienone is 1. The molecule has 2 N–H and O–H groups in total. The van der Waals surface area contributed by atoms with Gasteiger partial charge in [-0.2, -0.15) is 9.97 Å². The number of benzene rings is 3. The number of carboxylic acids is 1. The van der Waals surface area contributed by atoms with Gasteiger partial charge in [0, 0.05) is 13.1 Å². The van der Waals surface area contributed by atoms with Crippen molar-refractivity contribution in [2.45, 2.75) is 52.2 Å². The third-order valence-electron chi connectivity index (χ3n) is 9.47. The molecule has 252 valence electrons. The minimum absolute atomic E-state index is 0.182. The Morgan fingerprint density at radius 2 is 1.61 bits per heavy atom. The van der Waals surface area contributed by atoms with Crippen LogP contribution < -0.4 is 24.8 Å². The van der Waals surface area contributed by atoms with Crippen LogP contribution in [0.3, 0.4) is 0 Å². The fourth-order valence-electron chi connectivity index (χ4n) is 6.83. The van der Waals surface area contributed by atoms with E-state index >= 15 is 0 Å². The van der Waals surface area contributed by atoms with Crippen molar-refractivity contribution in [2.24, 2.45) is 5.41 Å². The van der Waals surface area contributed by atoms with Crippen molar-refractivity contribution >= 4 is 23.0 Å². The van der Waals surface area contributed by atoms with E-state index in [0.29, 0.717) is 62.4 Å². The number of hydrogen-bond acceptors (Lipinski definition) is 8. The fraction of sp³-hybridized carbons (Fsp3) is 0.316.